The second kappa shape index (κ2) is 7.26. The smallest absolute Gasteiger partial charge is 0.131 e. The van der Waals surface area contributed by atoms with E-state index in [0.29, 0.717) is 17.7 Å². The number of phenols is 1. The molecule has 0 bridgehead atoms. The Morgan fingerprint density at radius 2 is 1.73 bits per heavy atom. The predicted octanol–water partition coefficient (Wildman–Crippen LogP) is 5.76. The molecule has 0 amide bonds. The van der Waals surface area contributed by atoms with Crippen LogP contribution < -0.4 is 4.74 Å². The van der Waals surface area contributed by atoms with E-state index in [1.54, 1.807) is 19.2 Å². The highest BCUT2D eigenvalue weighted by atomic mass is 32.2. The maximum atomic E-state index is 10.5. The summed E-state index contributed by atoms with van der Waals surface area (Å²) in [6, 6.07) is 23.9. The van der Waals surface area contributed by atoms with E-state index in [4.69, 9.17) is 9.73 Å². The predicted molar refractivity (Wildman–Crippen MR) is 107 cm³/mol. The van der Waals surface area contributed by atoms with Gasteiger partial charge in [0.05, 0.1) is 24.1 Å². The highest BCUT2D eigenvalue weighted by Gasteiger charge is 2.25. The lowest BCUT2D eigenvalue weighted by atomic mass is 9.99. The zero-order valence-electron chi connectivity index (χ0n) is 14.4. The largest absolute Gasteiger partial charge is 0.507 e. The van der Waals surface area contributed by atoms with Crippen LogP contribution in [0.15, 0.2) is 82.7 Å². The summed E-state index contributed by atoms with van der Waals surface area (Å²) in [4.78, 5) is 6.05. The summed E-state index contributed by atoms with van der Waals surface area (Å²) < 4.78 is 5.50. The molecule has 1 heterocycles. The molecule has 0 spiro atoms. The first-order valence-electron chi connectivity index (χ1n) is 8.51. The zero-order valence-corrected chi connectivity index (χ0v) is 15.2. The van der Waals surface area contributed by atoms with Crippen LogP contribution in [0.25, 0.3) is 0 Å². The van der Waals surface area contributed by atoms with Crippen LogP contribution in [-0.2, 0) is 0 Å². The Hall–Kier alpha value is -2.72. The molecule has 4 rings (SSSR count). The average molecular weight is 361 g/mol. The third kappa shape index (κ3) is 3.20. The number of rotatable bonds is 3. The average Bonchev–Trinajstić information content (AvgIpc) is 2.88. The number of phenolic OH excluding ortho intramolecular Hbond substituents is 1. The molecule has 0 fully saturated rings. The summed E-state index contributed by atoms with van der Waals surface area (Å²) in [5.74, 6) is 0.833. The fourth-order valence-corrected chi connectivity index (χ4v) is 4.43. The summed E-state index contributed by atoms with van der Waals surface area (Å²) in [5, 5.41) is 10.7. The van der Waals surface area contributed by atoms with Crippen molar-refractivity contribution in [3.8, 4) is 11.5 Å². The highest BCUT2D eigenvalue weighted by molar-refractivity contribution is 7.99. The number of thioether (sulfide) groups is 1. The number of hydrogen-bond donors (Lipinski definition) is 1. The lowest BCUT2D eigenvalue weighted by Crippen LogP contribution is -2.07. The van der Waals surface area contributed by atoms with Crippen molar-refractivity contribution in [2.24, 2.45) is 4.99 Å². The van der Waals surface area contributed by atoms with E-state index in [2.05, 4.69) is 30.3 Å². The van der Waals surface area contributed by atoms with Crippen LogP contribution in [0.5, 0.6) is 11.5 Å². The molecule has 1 N–H and O–H groups in total. The molecule has 130 valence electrons. The molecule has 0 aliphatic carbocycles. The molecule has 3 nitrogen and oxygen atoms in total. The Bertz CT molecular complexity index is 953. The lowest BCUT2D eigenvalue weighted by Gasteiger charge is -2.17. The molecule has 4 heteroatoms. The first kappa shape index (κ1) is 16.7. The van der Waals surface area contributed by atoms with Gasteiger partial charge in [0.1, 0.15) is 11.5 Å². The fraction of sp³-hybridized carbons (Fsp3) is 0.136. The van der Waals surface area contributed by atoms with Crippen molar-refractivity contribution in [2.45, 2.75) is 16.6 Å². The third-order valence-corrected chi connectivity index (χ3v) is 5.78. The molecule has 1 aliphatic heterocycles. The normalized spacial score (nSPS) is 16.3. The number of aromatic hydroxyl groups is 1. The molecule has 3 aromatic rings. The van der Waals surface area contributed by atoms with Gasteiger partial charge in [-0.3, -0.25) is 4.99 Å². The fourth-order valence-electron chi connectivity index (χ4n) is 3.20. The van der Waals surface area contributed by atoms with Crippen LogP contribution in [0.3, 0.4) is 0 Å². The molecule has 0 radical (unpaired) electrons. The lowest BCUT2D eigenvalue weighted by molar-refractivity contribution is 0.406. The molecule has 3 aromatic carbocycles. The van der Waals surface area contributed by atoms with E-state index in [9.17, 15) is 5.11 Å². The van der Waals surface area contributed by atoms with Crippen LogP contribution in [-0.4, -0.2) is 17.9 Å². The number of methoxy groups -OCH3 is 1. The summed E-state index contributed by atoms with van der Waals surface area (Å²) >= 11 is 1.81. The van der Waals surface area contributed by atoms with E-state index < -0.39 is 0 Å². The topological polar surface area (TPSA) is 41.8 Å². The minimum Gasteiger partial charge on any atom is -0.507 e. The number of benzene rings is 3. The molecule has 1 aliphatic rings. The van der Waals surface area contributed by atoms with E-state index in [1.807, 2.05) is 42.1 Å². The number of nitrogens with zero attached hydrogens (tertiary/aromatic N) is 1. The highest BCUT2D eigenvalue weighted by Crippen LogP contribution is 2.46. The van der Waals surface area contributed by atoms with Crippen molar-refractivity contribution in [3.63, 3.8) is 0 Å². The number of para-hydroxylation sites is 1. The Morgan fingerprint density at radius 1 is 0.962 bits per heavy atom. The van der Waals surface area contributed by atoms with E-state index >= 15 is 0 Å². The van der Waals surface area contributed by atoms with Crippen LogP contribution >= 0.6 is 11.8 Å². The molecule has 0 saturated carbocycles. The van der Waals surface area contributed by atoms with Gasteiger partial charge in [-0.15, -0.1) is 11.8 Å². The Morgan fingerprint density at radius 3 is 2.54 bits per heavy atom. The van der Waals surface area contributed by atoms with Crippen molar-refractivity contribution >= 4 is 23.2 Å². The standard InChI is InChI=1S/C22H19NO2S/c1-25-19-12-7-11-18(24)22(19)17-14-21(15-8-3-2-4-9-15)26-20-13-6-5-10-16(20)23-17/h2-13,21,24H,14H2,1H3/t21-/m0/s1. The minimum atomic E-state index is 0.194. The van der Waals surface area contributed by atoms with Gasteiger partial charge in [0.25, 0.3) is 0 Å². The molecule has 0 unspecified atom stereocenters. The summed E-state index contributed by atoms with van der Waals surface area (Å²) in [5.41, 5.74) is 3.69. The number of aliphatic imine (C=N–C) groups is 1. The Labute approximate surface area is 157 Å². The van der Waals surface area contributed by atoms with Gasteiger partial charge in [0.15, 0.2) is 0 Å². The summed E-state index contributed by atoms with van der Waals surface area (Å²) in [6.07, 6.45) is 0.706. The Kier molecular flexibility index (Phi) is 4.67. The van der Waals surface area contributed by atoms with Crippen LogP contribution in [0, 0.1) is 0 Å². The van der Waals surface area contributed by atoms with Crippen molar-refractivity contribution in [2.75, 3.05) is 7.11 Å². The van der Waals surface area contributed by atoms with Crippen LogP contribution in [0.4, 0.5) is 5.69 Å². The van der Waals surface area contributed by atoms with E-state index in [-0.39, 0.29) is 11.0 Å². The quantitative estimate of drug-likeness (QED) is 0.645. The van der Waals surface area contributed by atoms with E-state index in [0.717, 1.165) is 16.3 Å². The van der Waals surface area contributed by atoms with Crippen molar-refractivity contribution in [1.29, 1.82) is 0 Å². The molecule has 0 saturated heterocycles. The van der Waals surface area contributed by atoms with Crippen molar-refractivity contribution < 1.29 is 9.84 Å². The van der Waals surface area contributed by atoms with Crippen LogP contribution in [0.2, 0.25) is 0 Å². The van der Waals surface area contributed by atoms with Crippen molar-refractivity contribution in [3.05, 3.63) is 83.9 Å². The molecular formula is C22H19NO2S. The van der Waals surface area contributed by atoms with Gasteiger partial charge in [0.2, 0.25) is 0 Å². The van der Waals surface area contributed by atoms with Crippen LogP contribution in [0.1, 0.15) is 22.8 Å². The first-order chi connectivity index (χ1) is 12.8. The third-order valence-electron chi connectivity index (χ3n) is 4.45. The van der Waals surface area contributed by atoms with Gasteiger partial charge in [-0.25, -0.2) is 0 Å². The van der Waals surface area contributed by atoms with Gasteiger partial charge in [-0.05, 0) is 29.8 Å². The monoisotopic (exact) mass is 361 g/mol. The number of hydrogen-bond acceptors (Lipinski definition) is 4. The second-order valence-electron chi connectivity index (χ2n) is 6.10. The number of ether oxygens (including phenoxy) is 1. The maximum absolute atomic E-state index is 10.5. The van der Waals surface area contributed by atoms with Crippen molar-refractivity contribution in [1.82, 2.24) is 0 Å². The first-order valence-corrected chi connectivity index (χ1v) is 9.39. The number of fused-ring (bicyclic) bond motifs is 1. The maximum Gasteiger partial charge on any atom is 0.131 e. The molecule has 26 heavy (non-hydrogen) atoms. The van der Waals surface area contributed by atoms with Gasteiger partial charge in [0, 0.05) is 16.6 Å². The van der Waals surface area contributed by atoms with Gasteiger partial charge in [-0.1, -0.05) is 48.5 Å². The minimum absolute atomic E-state index is 0.194. The van der Waals surface area contributed by atoms with Gasteiger partial charge in [-0.2, -0.15) is 0 Å². The molecular weight excluding hydrogens is 342 g/mol. The Balaban J connectivity index is 1.87. The molecule has 0 aromatic heterocycles. The molecule has 1 atom stereocenters. The summed E-state index contributed by atoms with van der Waals surface area (Å²) in [6.45, 7) is 0. The second-order valence-corrected chi connectivity index (χ2v) is 7.35. The van der Waals surface area contributed by atoms with Gasteiger partial charge >= 0.3 is 0 Å². The zero-order chi connectivity index (χ0) is 17.9. The summed E-state index contributed by atoms with van der Waals surface area (Å²) in [7, 11) is 1.62. The van der Waals surface area contributed by atoms with E-state index in [1.165, 1.54) is 5.56 Å². The SMILES string of the molecule is COc1cccc(O)c1C1=Nc2ccccc2S[C@H](c2ccccc2)C1. The van der Waals surface area contributed by atoms with Gasteiger partial charge < -0.3 is 9.84 Å².